The lowest BCUT2D eigenvalue weighted by Gasteiger charge is -2.17. The molecule has 1 aliphatic heterocycles. The minimum atomic E-state index is -3.05. The molecule has 1 aliphatic rings. The third-order valence-corrected chi connectivity index (χ3v) is 4.63. The fraction of sp³-hybridized carbons (Fsp3) is 0.818. The zero-order chi connectivity index (χ0) is 13.3. The highest BCUT2D eigenvalue weighted by molar-refractivity contribution is 7.91. The van der Waals surface area contributed by atoms with Crippen LogP contribution in [0.2, 0.25) is 0 Å². The van der Waals surface area contributed by atoms with E-state index >= 15 is 0 Å². The average molecular weight is 261 g/mol. The highest BCUT2D eigenvalue weighted by Crippen LogP contribution is 2.18. The van der Waals surface area contributed by atoms with Crippen LogP contribution in [0, 0.1) is 11.3 Å². The highest BCUT2D eigenvalue weighted by atomic mass is 32.2. The number of hydrogen-bond donors (Lipinski definition) is 1. The molecular formula is C11H19NO4S. The van der Waals surface area contributed by atoms with Crippen LogP contribution < -0.4 is 5.32 Å². The van der Waals surface area contributed by atoms with E-state index in [9.17, 15) is 18.0 Å². The molecule has 0 aromatic rings. The van der Waals surface area contributed by atoms with E-state index in [1.165, 1.54) is 0 Å². The predicted molar refractivity (Wildman–Crippen MR) is 64.2 cm³/mol. The summed E-state index contributed by atoms with van der Waals surface area (Å²) in [5.41, 5.74) is -0.491. The number of hydrogen-bond acceptors (Lipinski definition) is 4. The Bertz CT molecular complexity index is 419. The highest BCUT2D eigenvalue weighted by Gasteiger charge is 2.33. The SMILES string of the molecule is CC(C)(C)C(=O)CNC(=O)C1CCS(=O)(=O)C1. The lowest BCUT2D eigenvalue weighted by molar-refractivity contribution is -0.130. The average Bonchev–Trinajstić information content (AvgIpc) is 2.53. The van der Waals surface area contributed by atoms with Crippen LogP contribution in [-0.2, 0) is 19.4 Å². The molecule has 1 rings (SSSR count). The molecule has 17 heavy (non-hydrogen) atoms. The molecule has 0 saturated carbocycles. The van der Waals surface area contributed by atoms with E-state index in [1.54, 1.807) is 20.8 Å². The van der Waals surface area contributed by atoms with Crippen LogP contribution >= 0.6 is 0 Å². The number of carbonyl (C=O) groups excluding carboxylic acids is 2. The normalized spacial score (nSPS) is 23.4. The summed E-state index contributed by atoms with van der Waals surface area (Å²) in [7, 11) is -3.05. The largest absolute Gasteiger partial charge is 0.349 e. The molecule has 1 saturated heterocycles. The number of ketones is 1. The minimum Gasteiger partial charge on any atom is -0.349 e. The van der Waals surface area contributed by atoms with Gasteiger partial charge in [0.15, 0.2) is 15.6 Å². The zero-order valence-electron chi connectivity index (χ0n) is 10.4. The van der Waals surface area contributed by atoms with Crippen molar-refractivity contribution in [2.75, 3.05) is 18.1 Å². The summed E-state index contributed by atoms with van der Waals surface area (Å²) in [6, 6.07) is 0. The van der Waals surface area contributed by atoms with E-state index < -0.39 is 21.2 Å². The summed E-state index contributed by atoms with van der Waals surface area (Å²) in [4.78, 5) is 23.2. The zero-order valence-corrected chi connectivity index (χ0v) is 11.3. The molecular weight excluding hydrogens is 242 g/mol. The molecule has 1 amide bonds. The van der Waals surface area contributed by atoms with Gasteiger partial charge in [-0.3, -0.25) is 9.59 Å². The van der Waals surface area contributed by atoms with Gasteiger partial charge in [0.2, 0.25) is 5.91 Å². The van der Waals surface area contributed by atoms with Crippen molar-refractivity contribution in [3.8, 4) is 0 Å². The third-order valence-electron chi connectivity index (χ3n) is 2.86. The second-order valence-electron chi connectivity index (χ2n) is 5.49. The number of amides is 1. The molecule has 0 aromatic heterocycles. The fourth-order valence-corrected chi connectivity index (χ4v) is 3.32. The molecule has 98 valence electrons. The molecule has 5 nitrogen and oxygen atoms in total. The van der Waals surface area contributed by atoms with Crippen LogP contribution in [0.4, 0.5) is 0 Å². The number of carbonyl (C=O) groups is 2. The van der Waals surface area contributed by atoms with E-state index in [4.69, 9.17) is 0 Å². The predicted octanol–water partition coefficient (Wildman–Crippen LogP) is 0.152. The van der Waals surface area contributed by atoms with E-state index in [0.29, 0.717) is 6.42 Å². The Balaban J connectivity index is 2.44. The van der Waals surface area contributed by atoms with Crippen molar-refractivity contribution in [1.29, 1.82) is 0 Å². The Morgan fingerprint density at radius 3 is 2.29 bits per heavy atom. The van der Waals surface area contributed by atoms with Crippen LogP contribution in [0.15, 0.2) is 0 Å². The summed E-state index contributed by atoms with van der Waals surface area (Å²) in [5, 5.41) is 2.52. The first-order valence-electron chi connectivity index (χ1n) is 5.63. The number of nitrogens with one attached hydrogen (secondary N) is 1. The maximum absolute atomic E-state index is 11.6. The van der Waals surface area contributed by atoms with Gasteiger partial charge < -0.3 is 5.32 Å². The smallest absolute Gasteiger partial charge is 0.224 e. The van der Waals surface area contributed by atoms with E-state index in [0.717, 1.165) is 0 Å². The Morgan fingerprint density at radius 1 is 1.29 bits per heavy atom. The maximum Gasteiger partial charge on any atom is 0.224 e. The maximum atomic E-state index is 11.6. The Labute approximate surface area is 102 Å². The Morgan fingerprint density at radius 2 is 1.88 bits per heavy atom. The molecule has 0 radical (unpaired) electrons. The summed E-state index contributed by atoms with van der Waals surface area (Å²) >= 11 is 0. The summed E-state index contributed by atoms with van der Waals surface area (Å²) < 4.78 is 22.4. The van der Waals surface area contributed by atoms with Crippen LogP contribution in [-0.4, -0.2) is 38.2 Å². The second kappa shape index (κ2) is 4.76. The number of sulfone groups is 1. The molecule has 1 heterocycles. The van der Waals surface area contributed by atoms with Gasteiger partial charge in [0, 0.05) is 5.41 Å². The van der Waals surface area contributed by atoms with Crippen LogP contribution in [0.25, 0.3) is 0 Å². The molecule has 1 N–H and O–H groups in total. The van der Waals surface area contributed by atoms with E-state index in [1.807, 2.05) is 0 Å². The van der Waals surface area contributed by atoms with E-state index in [-0.39, 0.29) is 29.7 Å². The molecule has 1 atom stereocenters. The Kier molecular flexibility index (Phi) is 3.96. The molecule has 1 fully saturated rings. The number of Topliss-reactive ketones (excluding diaryl/α,β-unsaturated/α-hetero) is 1. The van der Waals surface area contributed by atoms with Crippen LogP contribution in [0.3, 0.4) is 0 Å². The fourth-order valence-electron chi connectivity index (χ4n) is 1.58. The molecule has 0 spiro atoms. The third kappa shape index (κ3) is 4.11. The topological polar surface area (TPSA) is 80.3 Å². The van der Waals surface area contributed by atoms with Crippen molar-refractivity contribution in [2.24, 2.45) is 11.3 Å². The molecule has 0 aromatic carbocycles. The van der Waals surface area contributed by atoms with Gasteiger partial charge in [-0.05, 0) is 6.42 Å². The Hall–Kier alpha value is -0.910. The van der Waals surface area contributed by atoms with Gasteiger partial charge in [-0.2, -0.15) is 0 Å². The van der Waals surface area contributed by atoms with Crippen LogP contribution in [0.5, 0.6) is 0 Å². The van der Waals surface area contributed by atoms with Crippen LogP contribution in [0.1, 0.15) is 27.2 Å². The lowest BCUT2D eigenvalue weighted by Crippen LogP contribution is -2.38. The molecule has 0 aliphatic carbocycles. The molecule has 0 bridgehead atoms. The number of rotatable bonds is 3. The van der Waals surface area contributed by atoms with Gasteiger partial charge in [-0.25, -0.2) is 8.42 Å². The van der Waals surface area contributed by atoms with Crippen molar-refractivity contribution in [1.82, 2.24) is 5.32 Å². The monoisotopic (exact) mass is 261 g/mol. The summed E-state index contributed by atoms with van der Waals surface area (Å²) in [5.74, 6) is -0.913. The van der Waals surface area contributed by atoms with Crippen molar-refractivity contribution in [2.45, 2.75) is 27.2 Å². The van der Waals surface area contributed by atoms with Crippen molar-refractivity contribution in [3.63, 3.8) is 0 Å². The second-order valence-corrected chi connectivity index (χ2v) is 7.72. The van der Waals surface area contributed by atoms with Gasteiger partial charge in [-0.1, -0.05) is 20.8 Å². The standard InChI is InChI=1S/C11H19NO4S/c1-11(2,3)9(13)6-12-10(14)8-4-5-17(15,16)7-8/h8H,4-7H2,1-3H3,(H,12,14). The summed E-state index contributed by atoms with van der Waals surface area (Å²) in [6.45, 7) is 5.31. The van der Waals surface area contributed by atoms with E-state index in [2.05, 4.69) is 5.32 Å². The quantitative estimate of drug-likeness (QED) is 0.784. The first-order valence-corrected chi connectivity index (χ1v) is 7.45. The van der Waals surface area contributed by atoms with Crippen molar-refractivity contribution < 1.29 is 18.0 Å². The molecule has 6 heteroatoms. The first kappa shape index (κ1) is 14.2. The van der Waals surface area contributed by atoms with Gasteiger partial charge >= 0.3 is 0 Å². The van der Waals surface area contributed by atoms with Gasteiger partial charge in [0.1, 0.15) is 0 Å². The van der Waals surface area contributed by atoms with Gasteiger partial charge in [0.05, 0.1) is 24.0 Å². The first-order chi connectivity index (χ1) is 7.62. The van der Waals surface area contributed by atoms with Crippen molar-refractivity contribution in [3.05, 3.63) is 0 Å². The van der Waals surface area contributed by atoms with Crippen molar-refractivity contribution >= 4 is 21.5 Å². The van der Waals surface area contributed by atoms with Gasteiger partial charge in [-0.15, -0.1) is 0 Å². The minimum absolute atomic E-state index is 0.0289. The lowest BCUT2D eigenvalue weighted by atomic mass is 9.91. The molecule has 1 unspecified atom stereocenters. The van der Waals surface area contributed by atoms with Gasteiger partial charge in [0.25, 0.3) is 0 Å². The summed E-state index contributed by atoms with van der Waals surface area (Å²) in [6.07, 6.45) is 0.359.